The molecule has 1 aromatic rings. The summed E-state index contributed by atoms with van der Waals surface area (Å²) in [6, 6.07) is 9.89. The van der Waals surface area contributed by atoms with E-state index in [9.17, 15) is 30.0 Å². The van der Waals surface area contributed by atoms with Gasteiger partial charge in [0, 0.05) is 30.3 Å². The van der Waals surface area contributed by atoms with E-state index in [1.807, 2.05) is 58.0 Å². The first-order chi connectivity index (χ1) is 25.7. The van der Waals surface area contributed by atoms with E-state index in [-0.39, 0.29) is 50.5 Å². The molecule has 3 fully saturated rings. The maximum Gasteiger partial charge on any atom is 0.311 e. The number of nitrogens with zero attached hydrogens (tertiary/aromatic N) is 1. The second-order valence-corrected chi connectivity index (χ2v) is 17.4. The highest BCUT2D eigenvalue weighted by Crippen LogP contribution is 2.41. The summed E-state index contributed by atoms with van der Waals surface area (Å²) in [6.07, 6.45) is -4.40. The number of carbonyl (C=O) groups is 2. The normalized spacial score (nSPS) is 42.6. The molecule has 0 aliphatic carbocycles. The molecular weight excluding hydrogens is 708 g/mol. The lowest BCUT2D eigenvalue weighted by Gasteiger charge is -2.48. The van der Waals surface area contributed by atoms with Crippen molar-refractivity contribution in [3.63, 3.8) is 0 Å². The number of likely N-dealkylation sites (N-methyl/N-ethyl adjacent to an activating group) is 1. The van der Waals surface area contributed by atoms with E-state index < -0.39 is 83.3 Å². The van der Waals surface area contributed by atoms with Crippen molar-refractivity contribution in [1.82, 2.24) is 10.2 Å². The number of rotatable bonds is 10. The highest BCUT2D eigenvalue weighted by molar-refractivity contribution is 5.83. The van der Waals surface area contributed by atoms with Crippen LogP contribution in [0.2, 0.25) is 0 Å². The van der Waals surface area contributed by atoms with Crippen LogP contribution in [0.5, 0.6) is 0 Å². The molecule has 0 amide bonds. The van der Waals surface area contributed by atoms with Gasteiger partial charge in [0.25, 0.3) is 0 Å². The molecule has 2 bridgehead atoms. The van der Waals surface area contributed by atoms with Crippen molar-refractivity contribution in [2.75, 3.05) is 40.4 Å². The summed E-state index contributed by atoms with van der Waals surface area (Å²) in [6.45, 7) is 14.0. The van der Waals surface area contributed by atoms with Crippen LogP contribution in [0.3, 0.4) is 0 Å². The molecule has 55 heavy (non-hydrogen) atoms. The Hall–Kier alpha value is -2.04. The highest BCUT2D eigenvalue weighted by atomic mass is 16.7. The van der Waals surface area contributed by atoms with Crippen molar-refractivity contribution in [2.45, 2.75) is 153 Å². The fourth-order valence-corrected chi connectivity index (χ4v) is 8.89. The lowest BCUT2D eigenvalue weighted by Crippen LogP contribution is -2.60. The second kappa shape index (κ2) is 19.1. The van der Waals surface area contributed by atoms with Crippen LogP contribution < -0.4 is 5.32 Å². The number of carbonyl (C=O) groups excluding carboxylic acids is 2. The zero-order chi connectivity index (χ0) is 40.9. The zero-order valence-electron chi connectivity index (χ0n) is 34.8. The molecule has 3 aliphatic rings. The molecule has 3 saturated heterocycles. The summed E-state index contributed by atoms with van der Waals surface area (Å²) in [5, 5.41) is 50.3. The Kier molecular flexibility index (Phi) is 15.9. The Balaban J connectivity index is 1.77. The molecule has 13 nitrogen and oxygen atoms in total. The molecule has 1 unspecified atom stereocenters. The third-order valence-corrected chi connectivity index (χ3v) is 12.3. The van der Waals surface area contributed by atoms with Crippen molar-refractivity contribution in [3.8, 4) is 0 Å². The quantitative estimate of drug-likeness (QED) is 0.173. The number of nitrogens with one attached hydrogen (secondary N) is 1. The van der Waals surface area contributed by atoms with Gasteiger partial charge in [0.05, 0.1) is 49.1 Å². The van der Waals surface area contributed by atoms with E-state index in [1.54, 1.807) is 27.7 Å². The van der Waals surface area contributed by atoms with Crippen LogP contribution in [0.15, 0.2) is 30.3 Å². The molecule has 13 heteroatoms. The summed E-state index contributed by atoms with van der Waals surface area (Å²) >= 11 is 0. The topological polar surface area (TPSA) is 176 Å². The number of esters is 1. The van der Waals surface area contributed by atoms with Crippen molar-refractivity contribution in [2.24, 2.45) is 23.7 Å². The summed E-state index contributed by atoms with van der Waals surface area (Å²) in [7, 11) is 3.78. The molecule has 0 aromatic heterocycles. The van der Waals surface area contributed by atoms with Gasteiger partial charge in [0.2, 0.25) is 0 Å². The fourth-order valence-electron chi connectivity index (χ4n) is 8.89. The van der Waals surface area contributed by atoms with Gasteiger partial charge in [0.15, 0.2) is 6.29 Å². The number of aliphatic hydroxyl groups is 4. The smallest absolute Gasteiger partial charge is 0.311 e. The predicted octanol–water partition coefficient (Wildman–Crippen LogP) is 2.88. The van der Waals surface area contributed by atoms with Gasteiger partial charge >= 0.3 is 5.97 Å². The Bertz CT molecular complexity index is 1380. The number of hydrogen-bond donors (Lipinski definition) is 5. The van der Waals surface area contributed by atoms with E-state index >= 15 is 0 Å². The lowest BCUT2D eigenvalue weighted by atomic mass is 9.74. The Morgan fingerprint density at radius 3 is 2.29 bits per heavy atom. The number of benzene rings is 1. The maximum absolute atomic E-state index is 14.2. The second-order valence-electron chi connectivity index (χ2n) is 17.4. The van der Waals surface area contributed by atoms with Gasteiger partial charge in [-0.15, -0.1) is 0 Å². The van der Waals surface area contributed by atoms with E-state index in [1.165, 1.54) is 12.5 Å². The maximum atomic E-state index is 14.2. The minimum absolute atomic E-state index is 0.0822. The molecule has 4 rings (SSSR count). The van der Waals surface area contributed by atoms with Crippen molar-refractivity contribution in [1.29, 1.82) is 0 Å². The van der Waals surface area contributed by atoms with Gasteiger partial charge in [-0.2, -0.15) is 0 Å². The molecule has 314 valence electrons. The molecule has 0 saturated carbocycles. The molecule has 3 heterocycles. The van der Waals surface area contributed by atoms with Gasteiger partial charge in [-0.1, -0.05) is 58.0 Å². The Labute approximate surface area is 328 Å². The van der Waals surface area contributed by atoms with Gasteiger partial charge in [-0.25, -0.2) is 0 Å². The number of ether oxygens (including phenoxy) is 5. The van der Waals surface area contributed by atoms with Crippen LogP contribution >= 0.6 is 0 Å². The first-order valence-electron chi connectivity index (χ1n) is 20.3. The number of cyclic esters (lactones) is 1. The van der Waals surface area contributed by atoms with Crippen molar-refractivity contribution >= 4 is 11.8 Å². The number of ketones is 1. The number of Topliss-reactive ketones (excluding diaryl/α,β-unsaturated/α-hetero) is 1. The van der Waals surface area contributed by atoms with E-state index in [4.69, 9.17) is 23.7 Å². The van der Waals surface area contributed by atoms with Crippen LogP contribution in [0.1, 0.15) is 86.6 Å². The summed E-state index contributed by atoms with van der Waals surface area (Å²) in [5.41, 5.74) is -3.61. The van der Waals surface area contributed by atoms with Gasteiger partial charge < -0.3 is 54.3 Å². The fraction of sp³-hybridized carbons (Fsp3) is 0.810. The van der Waals surface area contributed by atoms with Crippen LogP contribution in [-0.4, -0.2) is 143 Å². The first-order valence-corrected chi connectivity index (χ1v) is 20.3. The van der Waals surface area contributed by atoms with Gasteiger partial charge in [-0.05, 0) is 86.0 Å². The standard InChI is InChI=1S/C42H70N2O11/c1-11-32-41(8,49)36(47)27(4)33(45)25(2)21-40(7)37(55-39-34(46)31(44(9)10)20-26(3)53-39)28(5)35(29(6)38(48)54-32)51-23-42(50,24-52-40)22-43-19-15-18-30-16-13-12-14-17-30/h12-14,16-17,25-29,31-32,34-37,39,43,46-47,49-50H,11,15,18-24H2,1-10H3/t25-,26-,27+,28-,29-,31+,32-,34-,35+,36+,37-,39-,40-,41-,42?/m1/s1. The number of aliphatic hydroxyl groups excluding tert-OH is 2. The highest BCUT2D eigenvalue weighted by Gasteiger charge is 2.54. The summed E-state index contributed by atoms with van der Waals surface area (Å²) < 4.78 is 32.4. The molecule has 5 N–H and O–H groups in total. The molecule has 3 aliphatic heterocycles. The first kappa shape index (κ1) is 45.7. The number of hydrogen-bond acceptors (Lipinski definition) is 13. The van der Waals surface area contributed by atoms with E-state index in [2.05, 4.69) is 17.4 Å². The van der Waals surface area contributed by atoms with Crippen LogP contribution in [0.25, 0.3) is 0 Å². The largest absolute Gasteiger partial charge is 0.459 e. The van der Waals surface area contributed by atoms with E-state index in [0.29, 0.717) is 13.0 Å². The van der Waals surface area contributed by atoms with Crippen molar-refractivity contribution < 1.29 is 53.7 Å². The molecule has 1 aromatic carbocycles. The number of fused-ring (bicyclic) bond motifs is 3. The average Bonchev–Trinajstić information content (AvgIpc) is 3.17. The zero-order valence-corrected chi connectivity index (χ0v) is 34.8. The summed E-state index contributed by atoms with van der Waals surface area (Å²) in [5.74, 6) is -4.35. The monoisotopic (exact) mass is 778 g/mol. The average molecular weight is 779 g/mol. The van der Waals surface area contributed by atoms with Gasteiger partial charge in [-0.3, -0.25) is 9.59 Å². The third kappa shape index (κ3) is 10.9. The SMILES string of the molecule is CC[C@H]1OC(=O)[C@H](C)[C@H]2OCC(O)(CNCCCc3ccccc3)CO[C@](C)(C[C@@H](C)C(=O)[C@H](C)[C@H](O)[C@]1(C)O)[C@H](O[C@H]1O[C@H](C)C[C@H](N(C)C)[C@H]1O)[C@@H]2C. The minimum atomic E-state index is -1.94. The predicted molar refractivity (Wildman–Crippen MR) is 207 cm³/mol. The molecule has 0 spiro atoms. The minimum Gasteiger partial charge on any atom is -0.459 e. The molecular formula is C42H70N2O11. The van der Waals surface area contributed by atoms with Crippen LogP contribution in [0, 0.1) is 23.7 Å². The lowest BCUT2D eigenvalue weighted by molar-refractivity contribution is -0.303. The van der Waals surface area contributed by atoms with Gasteiger partial charge in [0.1, 0.15) is 29.2 Å². The Morgan fingerprint density at radius 2 is 1.65 bits per heavy atom. The Morgan fingerprint density at radius 1 is 0.982 bits per heavy atom. The van der Waals surface area contributed by atoms with Crippen LogP contribution in [-0.2, 0) is 39.7 Å². The van der Waals surface area contributed by atoms with Crippen LogP contribution in [0.4, 0.5) is 0 Å². The molecule has 15 atom stereocenters. The summed E-state index contributed by atoms with van der Waals surface area (Å²) in [4.78, 5) is 30.2. The third-order valence-electron chi connectivity index (χ3n) is 12.3. The van der Waals surface area contributed by atoms with E-state index in [0.717, 1.165) is 12.8 Å². The molecule has 0 radical (unpaired) electrons. The number of aryl methyl sites for hydroxylation is 1. The van der Waals surface area contributed by atoms with Crippen molar-refractivity contribution in [3.05, 3.63) is 35.9 Å².